The number of nitrogens with zero attached hydrogens (tertiary/aromatic N) is 3. The van der Waals surface area contributed by atoms with Crippen LogP contribution in [0.4, 0.5) is 0 Å². The first-order chi connectivity index (χ1) is 26.2. The van der Waals surface area contributed by atoms with Crippen LogP contribution in [-0.4, -0.2) is 15.0 Å². The van der Waals surface area contributed by atoms with Crippen LogP contribution in [0.3, 0.4) is 0 Å². The van der Waals surface area contributed by atoms with Crippen molar-refractivity contribution in [1.82, 2.24) is 15.0 Å². The highest BCUT2D eigenvalue weighted by Gasteiger charge is 2.16. The fourth-order valence-electron chi connectivity index (χ4n) is 7.29. The van der Waals surface area contributed by atoms with Crippen molar-refractivity contribution < 1.29 is 4.42 Å². The van der Waals surface area contributed by atoms with Crippen LogP contribution in [0, 0.1) is 0 Å². The van der Waals surface area contributed by atoms with E-state index < -0.39 is 0 Å². The highest BCUT2D eigenvalue weighted by atomic mass is 16.3. The molecular formula is C49H31N3O. The summed E-state index contributed by atoms with van der Waals surface area (Å²) in [5.41, 5.74) is 11.5. The molecule has 0 aliphatic rings. The zero-order valence-electron chi connectivity index (χ0n) is 28.6. The minimum Gasteiger partial charge on any atom is -0.455 e. The molecular weight excluding hydrogens is 647 g/mol. The first-order valence-corrected chi connectivity index (χ1v) is 17.8. The molecule has 4 heteroatoms. The molecule has 0 aliphatic heterocycles. The Balaban J connectivity index is 1.05. The van der Waals surface area contributed by atoms with Crippen molar-refractivity contribution in [3.63, 3.8) is 0 Å². The lowest BCUT2D eigenvalue weighted by molar-refractivity contribution is 0.672. The molecule has 4 nitrogen and oxygen atoms in total. The third-order valence-electron chi connectivity index (χ3n) is 9.95. The predicted octanol–water partition coefficient (Wildman–Crippen LogP) is 12.9. The van der Waals surface area contributed by atoms with Crippen molar-refractivity contribution >= 4 is 32.7 Å². The van der Waals surface area contributed by atoms with Crippen LogP contribution < -0.4 is 0 Å². The number of hydrogen-bond donors (Lipinski definition) is 0. The second kappa shape index (κ2) is 12.9. The van der Waals surface area contributed by atoms with E-state index in [9.17, 15) is 0 Å². The van der Waals surface area contributed by atoms with E-state index in [-0.39, 0.29) is 0 Å². The van der Waals surface area contributed by atoms with Crippen LogP contribution in [0.2, 0.25) is 0 Å². The molecule has 248 valence electrons. The Kier molecular flexibility index (Phi) is 7.43. The van der Waals surface area contributed by atoms with Crippen molar-refractivity contribution in [1.29, 1.82) is 0 Å². The van der Waals surface area contributed by atoms with Gasteiger partial charge in [-0.1, -0.05) is 164 Å². The Labute approximate surface area is 306 Å². The van der Waals surface area contributed by atoms with E-state index in [1.165, 1.54) is 11.1 Å². The summed E-state index contributed by atoms with van der Waals surface area (Å²) in [7, 11) is 0. The quantitative estimate of drug-likeness (QED) is 0.176. The van der Waals surface area contributed by atoms with Gasteiger partial charge in [-0.15, -0.1) is 0 Å². The van der Waals surface area contributed by atoms with Gasteiger partial charge in [-0.25, -0.2) is 15.0 Å². The summed E-state index contributed by atoms with van der Waals surface area (Å²) in [6.07, 6.45) is 0. The molecule has 0 radical (unpaired) electrons. The van der Waals surface area contributed by atoms with Gasteiger partial charge in [0.05, 0.1) is 0 Å². The SMILES string of the molecule is c1ccc(-c2cccc(-c3ccc(-c4nc(-c5ccccc5)nc(-c5cccc(-c6cccc7c6ccc6c8ccccc8oc76)c5)n4)cc3)c2)cc1. The van der Waals surface area contributed by atoms with E-state index >= 15 is 0 Å². The summed E-state index contributed by atoms with van der Waals surface area (Å²) in [5, 5.41) is 4.47. The Morgan fingerprint density at radius 1 is 0.283 bits per heavy atom. The van der Waals surface area contributed by atoms with Crippen LogP contribution in [0.25, 0.3) is 100 Å². The molecule has 0 saturated heterocycles. The van der Waals surface area contributed by atoms with Gasteiger partial charge in [-0.3, -0.25) is 0 Å². The zero-order chi connectivity index (χ0) is 35.1. The van der Waals surface area contributed by atoms with Crippen molar-refractivity contribution in [2.45, 2.75) is 0 Å². The van der Waals surface area contributed by atoms with E-state index in [4.69, 9.17) is 19.4 Å². The van der Waals surface area contributed by atoms with E-state index in [0.29, 0.717) is 17.5 Å². The maximum absolute atomic E-state index is 6.39. The molecule has 8 aromatic carbocycles. The van der Waals surface area contributed by atoms with Gasteiger partial charge in [0.2, 0.25) is 0 Å². The molecule has 2 heterocycles. The highest BCUT2D eigenvalue weighted by molar-refractivity contribution is 6.17. The monoisotopic (exact) mass is 677 g/mol. The van der Waals surface area contributed by atoms with Crippen molar-refractivity contribution in [2.75, 3.05) is 0 Å². The first-order valence-electron chi connectivity index (χ1n) is 17.8. The average molecular weight is 678 g/mol. The number of fused-ring (bicyclic) bond motifs is 5. The maximum Gasteiger partial charge on any atom is 0.164 e. The molecule has 0 N–H and O–H groups in total. The molecule has 0 aliphatic carbocycles. The van der Waals surface area contributed by atoms with Crippen LogP contribution in [-0.2, 0) is 0 Å². The molecule has 10 rings (SSSR count). The number of aromatic nitrogens is 3. The van der Waals surface area contributed by atoms with E-state index in [1.807, 2.05) is 48.5 Å². The molecule has 10 aromatic rings. The first kappa shape index (κ1) is 30.6. The molecule has 0 fully saturated rings. The smallest absolute Gasteiger partial charge is 0.164 e. The maximum atomic E-state index is 6.39. The predicted molar refractivity (Wildman–Crippen MR) is 217 cm³/mol. The molecule has 0 spiro atoms. The summed E-state index contributed by atoms with van der Waals surface area (Å²) in [6, 6.07) is 65.2. The summed E-state index contributed by atoms with van der Waals surface area (Å²) in [4.78, 5) is 15.1. The van der Waals surface area contributed by atoms with Gasteiger partial charge in [-0.2, -0.15) is 0 Å². The van der Waals surface area contributed by atoms with Crippen molar-refractivity contribution in [3.8, 4) is 67.5 Å². The zero-order valence-corrected chi connectivity index (χ0v) is 28.6. The molecule has 0 atom stereocenters. The van der Waals surface area contributed by atoms with E-state index in [2.05, 4.69) is 140 Å². The molecule has 0 amide bonds. The summed E-state index contributed by atoms with van der Waals surface area (Å²) < 4.78 is 6.39. The van der Waals surface area contributed by atoms with E-state index in [1.54, 1.807) is 0 Å². The Bertz CT molecular complexity index is 2930. The Hall–Kier alpha value is -7.17. The number of para-hydroxylation sites is 1. The van der Waals surface area contributed by atoms with Gasteiger partial charge in [-0.05, 0) is 63.0 Å². The van der Waals surface area contributed by atoms with E-state index in [0.717, 1.165) is 71.7 Å². The lowest BCUT2D eigenvalue weighted by atomic mass is 9.95. The largest absolute Gasteiger partial charge is 0.455 e. The van der Waals surface area contributed by atoms with Gasteiger partial charge >= 0.3 is 0 Å². The Morgan fingerprint density at radius 2 is 0.736 bits per heavy atom. The fourth-order valence-corrected chi connectivity index (χ4v) is 7.29. The third-order valence-corrected chi connectivity index (χ3v) is 9.95. The normalized spacial score (nSPS) is 11.4. The minimum atomic E-state index is 0.621. The van der Waals surface area contributed by atoms with Crippen LogP contribution in [0.15, 0.2) is 192 Å². The van der Waals surface area contributed by atoms with Crippen LogP contribution in [0.5, 0.6) is 0 Å². The van der Waals surface area contributed by atoms with Crippen molar-refractivity contribution in [2.24, 2.45) is 0 Å². The second-order valence-electron chi connectivity index (χ2n) is 13.2. The Morgan fingerprint density at radius 3 is 1.47 bits per heavy atom. The van der Waals surface area contributed by atoms with Gasteiger partial charge in [0, 0.05) is 32.8 Å². The number of benzene rings is 8. The molecule has 0 unspecified atom stereocenters. The summed E-state index contributed by atoms with van der Waals surface area (Å²) in [6.45, 7) is 0. The molecule has 2 aromatic heterocycles. The van der Waals surface area contributed by atoms with Crippen LogP contribution >= 0.6 is 0 Å². The van der Waals surface area contributed by atoms with Crippen LogP contribution in [0.1, 0.15) is 0 Å². The van der Waals surface area contributed by atoms with Gasteiger partial charge in [0.15, 0.2) is 17.5 Å². The number of furan rings is 1. The average Bonchev–Trinajstić information content (AvgIpc) is 3.63. The molecule has 0 bridgehead atoms. The standard InChI is InChI=1S/C49H31N3O/c1-3-12-32(13-4-1)36-16-9-17-37(30-36)33-24-26-35(27-25-33)48-50-47(34-14-5-2-6-15-34)51-49(52-48)39-19-10-18-38(31-39)40-21-11-22-43-41(40)28-29-44-42-20-7-8-23-45(42)53-46(43)44/h1-31H. The molecule has 53 heavy (non-hydrogen) atoms. The van der Waals surface area contributed by atoms with Gasteiger partial charge in [0.25, 0.3) is 0 Å². The van der Waals surface area contributed by atoms with Gasteiger partial charge in [0.1, 0.15) is 11.2 Å². The summed E-state index contributed by atoms with van der Waals surface area (Å²) >= 11 is 0. The third kappa shape index (κ3) is 5.63. The second-order valence-corrected chi connectivity index (χ2v) is 13.2. The number of rotatable bonds is 6. The van der Waals surface area contributed by atoms with Crippen molar-refractivity contribution in [3.05, 3.63) is 188 Å². The minimum absolute atomic E-state index is 0.621. The molecule has 0 saturated carbocycles. The topological polar surface area (TPSA) is 51.8 Å². The lowest BCUT2D eigenvalue weighted by Crippen LogP contribution is -2.00. The highest BCUT2D eigenvalue weighted by Crippen LogP contribution is 2.38. The fraction of sp³-hybridized carbons (Fsp3) is 0. The van der Waals surface area contributed by atoms with Gasteiger partial charge < -0.3 is 4.42 Å². The number of hydrogen-bond acceptors (Lipinski definition) is 4. The summed E-state index contributed by atoms with van der Waals surface area (Å²) in [5.74, 6) is 1.88. The lowest BCUT2D eigenvalue weighted by Gasteiger charge is -2.11.